The molecule has 1 amide bonds. The maximum absolute atomic E-state index is 12.9. The third kappa shape index (κ3) is 6.54. The van der Waals surface area contributed by atoms with E-state index in [4.69, 9.17) is 4.74 Å². The average Bonchev–Trinajstić information content (AvgIpc) is 3.15. The first-order valence-corrected chi connectivity index (χ1v) is 9.46. The van der Waals surface area contributed by atoms with Crippen molar-refractivity contribution in [2.75, 3.05) is 59.5 Å². The van der Waals surface area contributed by atoms with Crippen LogP contribution in [0.2, 0.25) is 0 Å². The van der Waals surface area contributed by atoms with Gasteiger partial charge in [0, 0.05) is 39.5 Å². The maximum Gasteiger partial charge on any atom is 0.274 e. The van der Waals surface area contributed by atoms with Crippen LogP contribution in [0.1, 0.15) is 43.2 Å². The van der Waals surface area contributed by atoms with Crippen LogP contribution in [-0.2, 0) is 4.74 Å². The predicted molar refractivity (Wildman–Crippen MR) is 106 cm³/mol. The molecule has 0 aromatic carbocycles. The normalized spacial score (nSPS) is 17.2. The largest absolute Gasteiger partial charge is 0.383 e. The minimum absolute atomic E-state index is 0. The molecule has 0 spiro atoms. The quantitative estimate of drug-likeness (QED) is 0.661. The van der Waals surface area contributed by atoms with E-state index in [1.807, 2.05) is 21.8 Å². The second-order valence-corrected chi connectivity index (χ2v) is 6.49. The van der Waals surface area contributed by atoms with E-state index < -0.39 is 0 Å². The van der Waals surface area contributed by atoms with Gasteiger partial charge in [0.25, 0.3) is 5.91 Å². The van der Waals surface area contributed by atoms with Crippen LogP contribution in [0.5, 0.6) is 0 Å². The van der Waals surface area contributed by atoms with Gasteiger partial charge in [-0.15, -0.1) is 12.4 Å². The van der Waals surface area contributed by atoms with Gasteiger partial charge in [-0.3, -0.25) is 9.48 Å². The summed E-state index contributed by atoms with van der Waals surface area (Å²) in [4.78, 5) is 17.1. The molecule has 1 atom stereocenters. The van der Waals surface area contributed by atoms with Gasteiger partial charge in [-0.05, 0) is 38.5 Å². The van der Waals surface area contributed by atoms with E-state index in [1.54, 1.807) is 7.11 Å². The van der Waals surface area contributed by atoms with Gasteiger partial charge in [-0.2, -0.15) is 5.10 Å². The highest BCUT2D eigenvalue weighted by molar-refractivity contribution is 5.92. The molecule has 1 saturated heterocycles. The zero-order valence-corrected chi connectivity index (χ0v) is 17.1. The van der Waals surface area contributed by atoms with Gasteiger partial charge in [0.1, 0.15) is 5.69 Å². The summed E-state index contributed by atoms with van der Waals surface area (Å²) in [7, 11) is 1.66. The third-order valence-electron chi connectivity index (χ3n) is 4.91. The fourth-order valence-corrected chi connectivity index (χ4v) is 3.20. The van der Waals surface area contributed by atoms with Crippen molar-refractivity contribution in [3.8, 4) is 0 Å². The Morgan fingerprint density at radius 2 is 2.12 bits per heavy atom. The molecular weight excluding hydrogens is 354 g/mol. The Balaban J connectivity index is 0.00000338. The Kier molecular flexibility index (Phi) is 10.8. The summed E-state index contributed by atoms with van der Waals surface area (Å²) in [6.07, 6.45) is 4.19. The number of likely N-dealkylation sites (N-methyl/N-ethyl adjacent to an activating group) is 1. The summed E-state index contributed by atoms with van der Waals surface area (Å²) in [6.45, 7) is 11.0. The average molecular weight is 388 g/mol. The van der Waals surface area contributed by atoms with E-state index in [2.05, 4.69) is 29.2 Å². The molecule has 1 N–H and O–H groups in total. The lowest BCUT2D eigenvalue weighted by Crippen LogP contribution is -2.40. The third-order valence-corrected chi connectivity index (χ3v) is 4.91. The summed E-state index contributed by atoms with van der Waals surface area (Å²) in [5.41, 5.74) is 0.529. The van der Waals surface area contributed by atoms with Gasteiger partial charge in [0.15, 0.2) is 0 Å². The summed E-state index contributed by atoms with van der Waals surface area (Å²) in [6, 6.07) is 2.19. The molecule has 0 aliphatic carbocycles. The molecule has 1 aliphatic heterocycles. The SMILES string of the molecule is CCN(CC)CCN(CCOC)C(=O)c1ccn(C2CCCNC2)n1.Cl. The van der Waals surface area contributed by atoms with Gasteiger partial charge < -0.3 is 19.9 Å². The van der Waals surface area contributed by atoms with Gasteiger partial charge in [0.05, 0.1) is 12.6 Å². The number of hydrogen-bond acceptors (Lipinski definition) is 5. The molecule has 1 aromatic heterocycles. The standard InChI is InChI=1S/C18H33N5O2.ClH/c1-4-21(5-2)11-12-22(13-14-25-3)18(24)17-8-10-23(20-17)16-7-6-9-19-15-16;/h8,10,16,19H,4-7,9,11-15H2,1-3H3;1H. The van der Waals surface area contributed by atoms with E-state index in [-0.39, 0.29) is 18.3 Å². The number of carbonyl (C=O) groups excluding carboxylic acids is 1. The fourth-order valence-electron chi connectivity index (χ4n) is 3.20. The molecule has 150 valence electrons. The molecule has 1 aromatic rings. The van der Waals surface area contributed by atoms with E-state index in [9.17, 15) is 4.79 Å². The molecule has 1 aliphatic rings. The number of carbonyl (C=O) groups is 1. The lowest BCUT2D eigenvalue weighted by atomic mass is 10.1. The molecule has 0 bridgehead atoms. The number of nitrogens with one attached hydrogen (secondary N) is 1. The molecule has 2 heterocycles. The van der Waals surface area contributed by atoms with Crippen molar-refractivity contribution in [1.29, 1.82) is 0 Å². The number of piperidine rings is 1. The van der Waals surface area contributed by atoms with Crippen LogP contribution in [-0.4, -0.2) is 85.0 Å². The monoisotopic (exact) mass is 387 g/mol. The Labute approximate surface area is 163 Å². The summed E-state index contributed by atoms with van der Waals surface area (Å²) < 4.78 is 7.12. The molecule has 7 nitrogen and oxygen atoms in total. The number of rotatable bonds is 10. The lowest BCUT2D eigenvalue weighted by molar-refractivity contribution is 0.0667. The maximum atomic E-state index is 12.9. The zero-order valence-electron chi connectivity index (χ0n) is 16.3. The number of hydrogen-bond donors (Lipinski definition) is 1. The van der Waals surface area contributed by atoms with Crippen LogP contribution in [0.3, 0.4) is 0 Å². The number of nitrogens with zero attached hydrogens (tertiary/aromatic N) is 4. The molecule has 0 radical (unpaired) electrons. The van der Waals surface area contributed by atoms with E-state index in [0.717, 1.165) is 45.6 Å². The number of halogens is 1. The van der Waals surface area contributed by atoms with Crippen LogP contribution >= 0.6 is 12.4 Å². The second kappa shape index (κ2) is 12.3. The summed E-state index contributed by atoms with van der Waals surface area (Å²) in [5, 5.41) is 7.95. The number of methoxy groups -OCH3 is 1. The second-order valence-electron chi connectivity index (χ2n) is 6.49. The van der Waals surface area contributed by atoms with Crippen molar-refractivity contribution in [2.24, 2.45) is 0 Å². The van der Waals surface area contributed by atoms with Gasteiger partial charge in [-0.25, -0.2) is 0 Å². The number of aromatic nitrogens is 2. The van der Waals surface area contributed by atoms with Crippen LogP contribution < -0.4 is 5.32 Å². The first kappa shape index (κ1) is 22.9. The van der Waals surface area contributed by atoms with Crippen molar-refractivity contribution in [3.05, 3.63) is 18.0 Å². The van der Waals surface area contributed by atoms with Crippen LogP contribution in [0.15, 0.2) is 12.3 Å². The predicted octanol–water partition coefficient (Wildman–Crippen LogP) is 1.66. The van der Waals surface area contributed by atoms with Crippen LogP contribution in [0.25, 0.3) is 0 Å². The Bertz CT molecular complexity index is 515. The van der Waals surface area contributed by atoms with Crippen molar-refractivity contribution in [3.63, 3.8) is 0 Å². The van der Waals surface area contributed by atoms with Crippen molar-refractivity contribution in [2.45, 2.75) is 32.7 Å². The molecule has 1 fully saturated rings. The Hall–Kier alpha value is -1.15. The van der Waals surface area contributed by atoms with E-state index in [0.29, 0.717) is 31.4 Å². The van der Waals surface area contributed by atoms with Crippen LogP contribution in [0, 0.1) is 0 Å². The fraction of sp³-hybridized carbons (Fsp3) is 0.778. The molecule has 1 unspecified atom stereocenters. The van der Waals surface area contributed by atoms with E-state index in [1.165, 1.54) is 0 Å². The molecule has 8 heteroatoms. The van der Waals surface area contributed by atoms with Gasteiger partial charge >= 0.3 is 0 Å². The summed E-state index contributed by atoms with van der Waals surface area (Å²) >= 11 is 0. The zero-order chi connectivity index (χ0) is 18.1. The Morgan fingerprint density at radius 3 is 2.73 bits per heavy atom. The van der Waals surface area contributed by atoms with Gasteiger partial charge in [0.2, 0.25) is 0 Å². The molecule has 0 saturated carbocycles. The smallest absolute Gasteiger partial charge is 0.274 e. The van der Waals surface area contributed by atoms with Crippen LogP contribution in [0.4, 0.5) is 0 Å². The molecular formula is C18H34ClN5O2. The molecule has 26 heavy (non-hydrogen) atoms. The molecule has 2 rings (SSSR count). The minimum Gasteiger partial charge on any atom is -0.383 e. The highest BCUT2D eigenvalue weighted by Gasteiger charge is 2.21. The van der Waals surface area contributed by atoms with Crippen molar-refractivity contribution >= 4 is 18.3 Å². The van der Waals surface area contributed by atoms with Crippen molar-refractivity contribution in [1.82, 2.24) is 24.9 Å². The highest BCUT2D eigenvalue weighted by Crippen LogP contribution is 2.16. The summed E-state index contributed by atoms with van der Waals surface area (Å²) in [5.74, 6) is -0.00766. The van der Waals surface area contributed by atoms with E-state index >= 15 is 0 Å². The van der Waals surface area contributed by atoms with Gasteiger partial charge in [-0.1, -0.05) is 13.8 Å². The number of ether oxygens (including phenoxy) is 1. The minimum atomic E-state index is -0.00766. The first-order valence-electron chi connectivity index (χ1n) is 9.46. The number of amides is 1. The van der Waals surface area contributed by atoms with Crippen molar-refractivity contribution < 1.29 is 9.53 Å². The Morgan fingerprint density at radius 1 is 1.35 bits per heavy atom. The first-order chi connectivity index (χ1) is 12.2. The highest BCUT2D eigenvalue weighted by atomic mass is 35.5. The topological polar surface area (TPSA) is 62.6 Å². The lowest BCUT2D eigenvalue weighted by Gasteiger charge is -2.26.